The zero-order valence-corrected chi connectivity index (χ0v) is 11.2. The molecule has 1 atom stereocenters. The fraction of sp³-hybridized carbons (Fsp3) is 0.133. The summed E-state index contributed by atoms with van der Waals surface area (Å²) < 4.78 is 7.63. The molecule has 0 amide bonds. The maximum atomic E-state index is 6.12. The molecule has 6 heteroatoms. The van der Waals surface area contributed by atoms with Gasteiger partial charge in [-0.1, -0.05) is 18.2 Å². The summed E-state index contributed by atoms with van der Waals surface area (Å²) in [6.07, 6.45) is 4.01. The van der Waals surface area contributed by atoms with Crippen LogP contribution in [0.1, 0.15) is 17.4 Å². The SMILES string of the molecule is NC1Cc2cc(Oc3ccccc3)cnc2-n2cnnc21. The van der Waals surface area contributed by atoms with Gasteiger partial charge in [-0.3, -0.25) is 4.57 Å². The van der Waals surface area contributed by atoms with Crippen molar-refractivity contribution in [1.82, 2.24) is 19.7 Å². The molecule has 21 heavy (non-hydrogen) atoms. The molecule has 2 aromatic heterocycles. The predicted octanol–water partition coefficient (Wildman–Crippen LogP) is 2.01. The van der Waals surface area contributed by atoms with Crippen LogP contribution in [0.5, 0.6) is 11.5 Å². The van der Waals surface area contributed by atoms with E-state index < -0.39 is 0 Å². The van der Waals surface area contributed by atoms with Crippen LogP contribution in [0.15, 0.2) is 48.9 Å². The fourth-order valence-corrected chi connectivity index (χ4v) is 2.52. The van der Waals surface area contributed by atoms with Crippen molar-refractivity contribution in [1.29, 1.82) is 0 Å². The molecule has 2 N–H and O–H groups in total. The first-order valence-electron chi connectivity index (χ1n) is 6.69. The van der Waals surface area contributed by atoms with Crippen LogP contribution in [0, 0.1) is 0 Å². The van der Waals surface area contributed by atoms with Crippen molar-refractivity contribution in [2.75, 3.05) is 0 Å². The molecule has 0 bridgehead atoms. The second-order valence-electron chi connectivity index (χ2n) is 4.94. The number of hydrogen-bond donors (Lipinski definition) is 1. The lowest BCUT2D eigenvalue weighted by Crippen LogP contribution is -2.24. The fourth-order valence-electron chi connectivity index (χ4n) is 2.52. The second-order valence-corrected chi connectivity index (χ2v) is 4.94. The Kier molecular flexibility index (Phi) is 2.68. The number of benzene rings is 1. The third-order valence-corrected chi connectivity index (χ3v) is 3.47. The Hall–Kier alpha value is -2.73. The number of fused-ring (bicyclic) bond motifs is 3. The van der Waals surface area contributed by atoms with Gasteiger partial charge in [-0.15, -0.1) is 10.2 Å². The molecular formula is C15H13N5O. The molecule has 104 valence electrons. The minimum atomic E-state index is -0.172. The standard InChI is InChI=1S/C15H13N5O/c16-13-7-10-6-12(21-11-4-2-1-3-5-11)8-17-14(10)20-9-18-19-15(13)20/h1-6,8-9,13H,7,16H2. The summed E-state index contributed by atoms with van der Waals surface area (Å²) in [7, 11) is 0. The van der Waals surface area contributed by atoms with Gasteiger partial charge >= 0.3 is 0 Å². The highest BCUT2D eigenvalue weighted by molar-refractivity contribution is 5.44. The van der Waals surface area contributed by atoms with E-state index in [2.05, 4.69) is 15.2 Å². The third-order valence-electron chi connectivity index (χ3n) is 3.47. The predicted molar refractivity (Wildman–Crippen MR) is 76.3 cm³/mol. The normalized spacial score (nSPS) is 16.1. The number of ether oxygens (including phenoxy) is 1. The van der Waals surface area contributed by atoms with E-state index in [4.69, 9.17) is 10.5 Å². The molecule has 0 fully saturated rings. The van der Waals surface area contributed by atoms with E-state index in [0.717, 1.165) is 23.0 Å². The molecule has 3 heterocycles. The van der Waals surface area contributed by atoms with Gasteiger partial charge in [0.2, 0.25) is 0 Å². The minimum Gasteiger partial charge on any atom is -0.456 e. The van der Waals surface area contributed by atoms with Crippen LogP contribution in [0.25, 0.3) is 5.82 Å². The zero-order chi connectivity index (χ0) is 14.2. The Morgan fingerprint density at radius 3 is 2.90 bits per heavy atom. The summed E-state index contributed by atoms with van der Waals surface area (Å²) >= 11 is 0. The highest BCUT2D eigenvalue weighted by Gasteiger charge is 2.25. The van der Waals surface area contributed by atoms with Crippen molar-refractivity contribution >= 4 is 0 Å². The van der Waals surface area contributed by atoms with Crippen LogP contribution in [0.2, 0.25) is 0 Å². The van der Waals surface area contributed by atoms with E-state index in [9.17, 15) is 0 Å². The monoisotopic (exact) mass is 279 g/mol. The van der Waals surface area contributed by atoms with Crippen LogP contribution >= 0.6 is 0 Å². The molecule has 0 radical (unpaired) electrons. The molecule has 0 saturated carbocycles. The number of nitrogens with two attached hydrogens (primary N) is 1. The van der Waals surface area contributed by atoms with Crippen LogP contribution in [-0.2, 0) is 6.42 Å². The first-order chi connectivity index (χ1) is 10.3. The van der Waals surface area contributed by atoms with Gasteiger partial charge in [0, 0.05) is 5.56 Å². The number of nitrogens with zero attached hydrogens (tertiary/aromatic N) is 4. The summed E-state index contributed by atoms with van der Waals surface area (Å²) in [6, 6.07) is 11.4. The van der Waals surface area contributed by atoms with Crippen molar-refractivity contribution in [3.05, 3.63) is 60.3 Å². The van der Waals surface area contributed by atoms with Crippen molar-refractivity contribution in [3.63, 3.8) is 0 Å². The number of hydrogen-bond acceptors (Lipinski definition) is 5. The Morgan fingerprint density at radius 2 is 2.05 bits per heavy atom. The van der Waals surface area contributed by atoms with Gasteiger partial charge in [0.05, 0.1) is 12.2 Å². The number of aromatic nitrogens is 4. The molecule has 1 aromatic carbocycles. The van der Waals surface area contributed by atoms with Gasteiger partial charge in [0.15, 0.2) is 5.82 Å². The maximum Gasteiger partial charge on any atom is 0.155 e. The zero-order valence-electron chi connectivity index (χ0n) is 11.2. The van der Waals surface area contributed by atoms with Crippen molar-refractivity contribution in [2.24, 2.45) is 5.73 Å². The highest BCUT2D eigenvalue weighted by atomic mass is 16.5. The van der Waals surface area contributed by atoms with E-state index in [1.54, 1.807) is 12.5 Å². The van der Waals surface area contributed by atoms with E-state index >= 15 is 0 Å². The Morgan fingerprint density at radius 1 is 1.19 bits per heavy atom. The lowest BCUT2D eigenvalue weighted by atomic mass is 10.0. The van der Waals surface area contributed by atoms with E-state index in [1.807, 2.05) is 41.0 Å². The summed E-state index contributed by atoms with van der Waals surface area (Å²) in [6.45, 7) is 0. The van der Waals surface area contributed by atoms with Gasteiger partial charge in [0.1, 0.15) is 23.6 Å². The molecule has 6 nitrogen and oxygen atoms in total. The minimum absolute atomic E-state index is 0.172. The summed E-state index contributed by atoms with van der Waals surface area (Å²) in [4.78, 5) is 4.47. The average molecular weight is 279 g/mol. The van der Waals surface area contributed by atoms with Crippen molar-refractivity contribution in [2.45, 2.75) is 12.5 Å². The molecule has 1 unspecified atom stereocenters. The topological polar surface area (TPSA) is 78.9 Å². The Bertz CT molecular complexity index is 784. The molecule has 1 aliphatic heterocycles. The van der Waals surface area contributed by atoms with Crippen LogP contribution in [0.4, 0.5) is 0 Å². The first kappa shape index (κ1) is 12.0. The largest absolute Gasteiger partial charge is 0.456 e. The van der Waals surface area contributed by atoms with Crippen molar-refractivity contribution in [3.8, 4) is 17.3 Å². The number of pyridine rings is 1. The van der Waals surface area contributed by atoms with E-state index in [0.29, 0.717) is 12.2 Å². The van der Waals surface area contributed by atoms with Gasteiger partial charge in [-0.2, -0.15) is 0 Å². The van der Waals surface area contributed by atoms with Crippen LogP contribution < -0.4 is 10.5 Å². The average Bonchev–Trinajstić information content (AvgIpc) is 2.98. The molecule has 3 aromatic rings. The maximum absolute atomic E-state index is 6.12. The second kappa shape index (κ2) is 4.68. The lowest BCUT2D eigenvalue weighted by molar-refractivity contribution is 0.477. The Balaban J connectivity index is 1.71. The molecule has 0 aliphatic carbocycles. The van der Waals surface area contributed by atoms with E-state index in [1.165, 1.54) is 0 Å². The van der Waals surface area contributed by atoms with Gasteiger partial charge in [-0.25, -0.2) is 4.98 Å². The van der Waals surface area contributed by atoms with Crippen molar-refractivity contribution < 1.29 is 4.74 Å². The number of para-hydroxylation sites is 1. The first-order valence-corrected chi connectivity index (χ1v) is 6.69. The number of rotatable bonds is 2. The molecule has 0 saturated heterocycles. The van der Waals surface area contributed by atoms with Gasteiger partial charge in [0.25, 0.3) is 0 Å². The smallest absolute Gasteiger partial charge is 0.155 e. The molecule has 0 spiro atoms. The van der Waals surface area contributed by atoms with Gasteiger partial charge < -0.3 is 10.5 Å². The lowest BCUT2D eigenvalue weighted by Gasteiger charge is -2.21. The van der Waals surface area contributed by atoms with Crippen LogP contribution in [0.3, 0.4) is 0 Å². The van der Waals surface area contributed by atoms with E-state index in [-0.39, 0.29) is 6.04 Å². The summed E-state index contributed by atoms with van der Waals surface area (Å²) in [5, 5.41) is 7.95. The van der Waals surface area contributed by atoms with Crippen LogP contribution in [-0.4, -0.2) is 19.7 Å². The summed E-state index contributed by atoms with van der Waals surface area (Å²) in [5.41, 5.74) is 7.15. The third kappa shape index (κ3) is 2.05. The highest BCUT2D eigenvalue weighted by Crippen LogP contribution is 2.30. The molecule has 1 aliphatic rings. The molecule has 4 rings (SSSR count). The summed E-state index contributed by atoms with van der Waals surface area (Å²) in [5.74, 6) is 3.04. The molecular weight excluding hydrogens is 266 g/mol. The Labute approximate surface area is 121 Å². The van der Waals surface area contributed by atoms with Gasteiger partial charge in [-0.05, 0) is 24.6 Å². The quantitative estimate of drug-likeness (QED) is 0.776.